The highest BCUT2D eigenvalue weighted by Crippen LogP contribution is 2.23. The molecule has 0 aliphatic carbocycles. The molecule has 1 aromatic carbocycles. The first-order valence-electron chi connectivity index (χ1n) is 4.72. The Bertz CT molecular complexity index is 416. The topological polar surface area (TPSA) is 21.8 Å². The van der Waals surface area contributed by atoms with E-state index in [0.29, 0.717) is 6.61 Å². The van der Waals surface area contributed by atoms with Crippen LogP contribution in [0.1, 0.15) is 5.56 Å². The Labute approximate surface area is 92.9 Å². The molecule has 1 heterocycles. The fourth-order valence-corrected chi connectivity index (χ4v) is 1.23. The van der Waals surface area contributed by atoms with E-state index < -0.39 is 41.3 Å². The fourth-order valence-electron chi connectivity index (χ4n) is 1.23. The van der Waals surface area contributed by atoms with Crippen molar-refractivity contribution < 1.29 is 31.4 Å². The number of hydrogen-bond donors (Lipinski definition) is 0. The van der Waals surface area contributed by atoms with Gasteiger partial charge in [-0.2, -0.15) is 0 Å². The van der Waals surface area contributed by atoms with Gasteiger partial charge in [-0.3, -0.25) is 0 Å². The van der Waals surface area contributed by atoms with Crippen LogP contribution in [0.2, 0.25) is 0 Å². The Morgan fingerprint density at radius 3 is 1.88 bits per heavy atom. The van der Waals surface area contributed by atoms with E-state index in [2.05, 4.69) is 0 Å². The van der Waals surface area contributed by atoms with E-state index in [1.54, 1.807) is 0 Å². The van der Waals surface area contributed by atoms with Crippen LogP contribution in [0.4, 0.5) is 22.0 Å². The van der Waals surface area contributed by atoms with Crippen molar-refractivity contribution >= 4 is 0 Å². The maximum absolute atomic E-state index is 13.1. The normalized spacial score (nSPS) is 18.5. The molecule has 1 saturated heterocycles. The Kier molecular flexibility index (Phi) is 3.30. The van der Waals surface area contributed by atoms with Crippen molar-refractivity contribution in [1.82, 2.24) is 0 Å². The van der Waals surface area contributed by atoms with Gasteiger partial charge >= 0.3 is 0 Å². The van der Waals surface area contributed by atoms with Crippen LogP contribution in [0.5, 0.6) is 0 Å². The van der Waals surface area contributed by atoms with E-state index in [1.165, 1.54) is 0 Å². The van der Waals surface area contributed by atoms with E-state index >= 15 is 0 Å². The minimum Gasteiger partial charge on any atom is -0.374 e. The maximum atomic E-state index is 13.1. The monoisotopic (exact) mass is 254 g/mol. The number of hydrogen-bond acceptors (Lipinski definition) is 2. The number of benzene rings is 1. The third kappa shape index (κ3) is 2.39. The molecule has 7 heteroatoms. The van der Waals surface area contributed by atoms with Gasteiger partial charge < -0.3 is 9.47 Å². The third-order valence-corrected chi connectivity index (χ3v) is 2.25. The van der Waals surface area contributed by atoms with E-state index in [0.717, 1.165) is 0 Å². The molecule has 2 rings (SSSR count). The molecule has 0 N–H and O–H groups in total. The van der Waals surface area contributed by atoms with Crippen LogP contribution in [-0.2, 0) is 16.1 Å². The molecule has 1 aliphatic rings. The summed E-state index contributed by atoms with van der Waals surface area (Å²) >= 11 is 0. The Morgan fingerprint density at radius 2 is 1.41 bits per heavy atom. The van der Waals surface area contributed by atoms with E-state index in [1.807, 2.05) is 0 Å². The Hall–Kier alpha value is -1.21. The summed E-state index contributed by atoms with van der Waals surface area (Å²) in [7, 11) is 0. The molecule has 0 amide bonds. The van der Waals surface area contributed by atoms with Crippen molar-refractivity contribution in [3.8, 4) is 0 Å². The van der Waals surface area contributed by atoms with Crippen LogP contribution in [0.25, 0.3) is 0 Å². The molecular formula is C10H7F5O2. The standard InChI is InChI=1S/C10H7F5O2/c11-6-5(3-16-1-4-2-17-4)7(12)9(14)10(15)8(6)13/h4H,1-3H2. The third-order valence-electron chi connectivity index (χ3n) is 2.25. The molecule has 94 valence electrons. The maximum Gasteiger partial charge on any atom is 0.200 e. The van der Waals surface area contributed by atoms with Crippen molar-refractivity contribution in [2.75, 3.05) is 13.2 Å². The van der Waals surface area contributed by atoms with Crippen LogP contribution in [0, 0.1) is 29.1 Å². The van der Waals surface area contributed by atoms with E-state index in [-0.39, 0.29) is 12.7 Å². The minimum absolute atomic E-state index is 0.0551. The summed E-state index contributed by atoms with van der Waals surface area (Å²) in [5.41, 5.74) is -0.970. The molecule has 0 saturated carbocycles. The van der Waals surface area contributed by atoms with Gasteiger partial charge in [0.05, 0.1) is 25.4 Å². The summed E-state index contributed by atoms with van der Waals surface area (Å²) in [5, 5.41) is 0. The van der Waals surface area contributed by atoms with Gasteiger partial charge in [0.25, 0.3) is 0 Å². The van der Waals surface area contributed by atoms with Crippen LogP contribution < -0.4 is 0 Å². The average Bonchev–Trinajstić information content (AvgIpc) is 3.12. The molecule has 1 aromatic rings. The Morgan fingerprint density at radius 1 is 0.941 bits per heavy atom. The van der Waals surface area contributed by atoms with Crippen molar-refractivity contribution in [1.29, 1.82) is 0 Å². The predicted octanol–water partition coefficient (Wildman–Crippen LogP) is 2.30. The molecule has 1 atom stereocenters. The van der Waals surface area contributed by atoms with Crippen LogP contribution in [-0.4, -0.2) is 19.3 Å². The van der Waals surface area contributed by atoms with E-state index in [4.69, 9.17) is 9.47 Å². The number of halogens is 5. The number of ether oxygens (including phenoxy) is 2. The quantitative estimate of drug-likeness (QED) is 0.356. The summed E-state index contributed by atoms with van der Waals surface area (Å²) in [6.07, 6.45) is -0.156. The second-order valence-electron chi connectivity index (χ2n) is 3.52. The SMILES string of the molecule is Fc1c(F)c(F)c(COCC2CO2)c(F)c1F. The van der Waals surface area contributed by atoms with Crippen LogP contribution >= 0.6 is 0 Å². The fraction of sp³-hybridized carbons (Fsp3) is 0.400. The summed E-state index contributed by atoms with van der Waals surface area (Å²) in [6.45, 7) is -0.164. The smallest absolute Gasteiger partial charge is 0.200 e. The molecule has 1 unspecified atom stereocenters. The zero-order valence-electron chi connectivity index (χ0n) is 8.40. The molecule has 0 spiro atoms. The molecule has 2 nitrogen and oxygen atoms in total. The van der Waals surface area contributed by atoms with Gasteiger partial charge in [-0.05, 0) is 0 Å². The second kappa shape index (κ2) is 4.58. The average molecular weight is 254 g/mol. The Balaban J connectivity index is 2.19. The molecule has 0 bridgehead atoms. The largest absolute Gasteiger partial charge is 0.374 e. The second-order valence-corrected chi connectivity index (χ2v) is 3.52. The van der Waals surface area contributed by atoms with Gasteiger partial charge in [-0.15, -0.1) is 0 Å². The summed E-state index contributed by atoms with van der Waals surface area (Å²) < 4.78 is 74.0. The van der Waals surface area contributed by atoms with Gasteiger partial charge in [0.15, 0.2) is 23.3 Å². The van der Waals surface area contributed by atoms with Crippen LogP contribution in [0.3, 0.4) is 0 Å². The van der Waals surface area contributed by atoms with Gasteiger partial charge in [-0.25, -0.2) is 22.0 Å². The first-order chi connectivity index (χ1) is 8.02. The summed E-state index contributed by atoms with van der Waals surface area (Å²) in [6, 6.07) is 0. The van der Waals surface area contributed by atoms with Crippen molar-refractivity contribution in [2.24, 2.45) is 0 Å². The number of epoxide rings is 1. The van der Waals surface area contributed by atoms with Gasteiger partial charge in [-0.1, -0.05) is 0 Å². The van der Waals surface area contributed by atoms with Gasteiger partial charge in [0.2, 0.25) is 5.82 Å². The molecule has 0 aromatic heterocycles. The van der Waals surface area contributed by atoms with Crippen molar-refractivity contribution in [2.45, 2.75) is 12.7 Å². The lowest BCUT2D eigenvalue weighted by Gasteiger charge is -2.08. The van der Waals surface area contributed by atoms with Gasteiger partial charge in [0.1, 0.15) is 6.10 Å². The van der Waals surface area contributed by atoms with Gasteiger partial charge in [0, 0.05) is 0 Å². The zero-order valence-corrected chi connectivity index (χ0v) is 8.40. The molecule has 17 heavy (non-hydrogen) atoms. The molecular weight excluding hydrogens is 247 g/mol. The molecule has 1 aliphatic heterocycles. The lowest BCUT2D eigenvalue weighted by molar-refractivity contribution is 0.0981. The van der Waals surface area contributed by atoms with E-state index in [9.17, 15) is 22.0 Å². The molecule has 1 fully saturated rings. The first-order valence-corrected chi connectivity index (χ1v) is 4.72. The minimum atomic E-state index is -2.17. The zero-order chi connectivity index (χ0) is 12.6. The van der Waals surface area contributed by atoms with Crippen molar-refractivity contribution in [3.05, 3.63) is 34.6 Å². The molecule has 0 radical (unpaired) electrons. The highest BCUT2D eigenvalue weighted by molar-refractivity contribution is 5.23. The lowest BCUT2D eigenvalue weighted by Crippen LogP contribution is -2.10. The number of rotatable bonds is 4. The summed E-state index contributed by atoms with van der Waals surface area (Å²) in [4.78, 5) is 0. The highest BCUT2D eigenvalue weighted by Gasteiger charge is 2.27. The van der Waals surface area contributed by atoms with Crippen LogP contribution in [0.15, 0.2) is 0 Å². The highest BCUT2D eigenvalue weighted by atomic mass is 19.2. The first kappa shape index (κ1) is 12.3. The lowest BCUT2D eigenvalue weighted by atomic mass is 10.2. The predicted molar refractivity (Wildman–Crippen MR) is 45.6 cm³/mol. The van der Waals surface area contributed by atoms with Crippen molar-refractivity contribution in [3.63, 3.8) is 0 Å². The summed E-state index contributed by atoms with van der Waals surface area (Å²) in [5.74, 6) is -9.83.